The van der Waals surface area contributed by atoms with E-state index in [1.54, 1.807) is 18.5 Å². The smallest absolute Gasteiger partial charge is 0.122 e. The first-order valence-electron chi connectivity index (χ1n) is 5.37. The van der Waals surface area contributed by atoms with Gasteiger partial charge in [0.15, 0.2) is 0 Å². The van der Waals surface area contributed by atoms with E-state index in [0.29, 0.717) is 0 Å². The number of aryl methyl sites for hydroxylation is 1. The van der Waals surface area contributed by atoms with Crippen LogP contribution < -0.4 is 4.74 Å². The predicted octanol–water partition coefficient (Wildman–Crippen LogP) is 2.49. The maximum atomic E-state index is 5.42. The number of aromatic nitrogens is 2. The van der Waals surface area contributed by atoms with Gasteiger partial charge in [0.2, 0.25) is 0 Å². The van der Waals surface area contributed by atoms with Gasteiger partial charge in [0, 0.05) is 12.4 Å². The van der Waals surface area contributed by atoms with Crippen LogP contribution in [-0.4, -0.2) is 16.6 Å². The van der Waals surface area contributed by atoms with Crippen LogP contribution in [0.4, 0.5) is 0 Å². The highest BCUT2D eigenvalue weighted by molar-refractivity contribution is 5.34. The molecule has 2 heterocycles. The van der Waals surface area contributed by atoms with Crippen LogP contribution in [0.15, 0.2) is 49.1 Å². The van der Waals surface area contributed by atoms with Crippen molar-refractivity contribution in [2.45, 2.75) is 12.8 Å². The fourth-order valence-corrected chi connectivity index (χ4v) is 1.55. The minimum Gasteiger partial charge on any atom is -0.493 e. The first-order valence-corrected chi connectivity index (χ1v) is 5.37. The molecule has 1 aliphatic rings. The topological polar surface area (TPSA) is 35.0 Å². The summed E-state index contributed by atoms with van der Waals surface area (Å²) in [6, 6.07) is 10.0. The lowest BCUT2D eigenvalue weighted by atomic mass is 10.1. The SMILES string of the molecule is c1ccc2c(c1)CCCO2.c1cncnc1. The average Bonchev–Trinajstić information content (AvgIpc) is 2.42. The Morgan fingerprint density at radius 1 is 1.00 bits per heavy atom. The molecule has 3 rings (SSSR count). The quantitative estimate of drug-likeness (QED) is 0.675. The number of rotatable bonds is 0. The standard InChI is InChI=1S/C9H10O.C4H4N2/c1-2-6-9-8(4-1)5-3-7-10-9;1-2-5-4-6-3-1/h1-2,4,6H,3,5,7H2;1-4H. The Bertz CT molecular complexity index is 366. The van der Waals surface area contributed by atoms with E-state index in [1.165, 1.54) is 18.3 Å². The third-order valence-electron chi connectivity index (χ3n) is 2.30. The van der Waals surface area contributed by atoms with E-state index in [-0.39, 0.29) is 0 Å². The number of hydrogen-bond donors (Lipinski definition) is 0. The Hall–Kier alpha value is -1.90. The second-order valence-electron chi connectivity index (χ2n) is 3.46. The van der Waals surface area contributed by atoms with Crippen LogP contribution >= 0.6 is 0 Å². The molecule has 3 heteroatoms. The second kappa shape index (κ2) is 5.85. The third kappa shape index (κ3) is 3.05. The molecule has 16 heavy (non-hydrogen) atoms. The summed E-state index contributed by atoms with van der Waals surface area (Å²) < 4.78 is 5.42. The summed E-state index contributed by atoms with van der Waals surface area (Å²) in [5.74, 6) is 1.08. The molecule has 0 fully saturated rings. The summed E-state index contributed by atoms with van der Waals surface area (Å²) in [7, 11) is 0. The Morgan fingerprint density at radius 3 is 2.44 bits per heavy atom. The van der Waals surface area contributed by atoms with Gasteiger partial charge < -0.3 is 4.74 Å². The van der Waals surface area contributed by atoms with Gasteiger partial charge >= 0.3 is 0 Å². The van der Waals surface area contributed by atoms with Crippen molar-refractivity contribution in [1.29, 1.82) is 0 Å². The Labute approximate surface area is 95.1 Å². The van der Waals surface area contributed by atoms with Crippen LogP contribution in [0, 0.1) is 0 Å². The maximum Gasteiger partial charge on any atom is 0.122 e. The third-order valence-corrected chi connectivity index (χ3v) is 2.30. The molecule has 82 valence electrons. The van der Waals surface area contributed by atoms with Gasteiger partial charge in [-0.2, -0.15) is 0 Å². The van der Waals surface area contributed by atoms with Crippen molar-refractivity contribution in [3.8, 4) is 5.75 Å². The largest absolute Gasteiger partial charge is 0.493 e. The Balaban J connectivity index is 0.000000138. The van der Waals surface area contributed by atoms with Gasteiger partial charge in [0.25, 0.3) is 0 Å². The molecule has 2 aromatic rings. The van der Waals surface area contributed by atoms with Crippen LogP contribution in [0.2, 0.25) is 0 Å². The Morgan fingerprint density at radius 2 is 1.81 bits per heavy atom. The van der Waals surface area contributed by atoms with Gasteiger partial charge in [-0.15, -0.1) is 0 Å². The molecule has 0 saturated carbocycles. The van der Waals surface area contributed by atoms with E-state index < -0.39 is 0 Å². The zero-order valence-corrected chi connectivity index (χ0v) is 9.04. The monoisotopic (exact) mass is 214 g/mol. The summed E-state index contributed by atoms with van der Waals surface area (Å²) in [5, 5.41) is 0. The minimum absolute atomic E-state index is 0.886. The molecular formula is C13H14N2O. The van der Waals surface area contributed by atoms with E-state index in [2.05, 4.69) is 22.1 Å². The van der Waals surface area contributed by atoms with Gasteiger partial charge in [0.1, 0.15) is 12.1 Å². The molecule has 0 radical (unpaired) electrons. The van der Waals surface area contributed by atoms with Gasteiger partial charge in [-0.1, -0.05) is 18.2 Å². The highest BCUT2D eigenvalue weighted by atomic mass is 16.5. The molecule has 0 spiro atoms. The van der Waals surface area contributed by atoms with Crippen LogP contribution in [0.5, 0.6) is 5.75 Å². The van der Waals surface area contributed by atoms with Crippen molar-refractivity contribution in [3.63, 3.8) is 0 Å². The molecule has 0 aliphatic carbocycles. The number of fused-ring (bicyclic) bond motifs is 1. The van der Waals surface area contributed by atoms with Crippen LogP contribution in [0.1, 0.15) is 12.0 Å². The van der Waals surface area contributed by atoms with Crippen molar-refractivity contribution >= 4 is 0 Å². The summed E-state index contributed by atoms with van der Waals surface area (Å²) >= 11 is 0. The number of benzene rings is 1. The van der Waals surface area contributed by atoms with Gasteiger partial charge in [-0.25, -0.2) is 9.97 Å². The zero-order valence-electron chi connectivity index (χ0n) is 9.04. The van der Waals surface area contributed by atoms with Gasteiger partial charge in [0.05, 0.1) is 6.61 Å². The van der Waals surface area contributed by atoms with E-state index >= 15 is 0 Å². The van der Waals surface area contributed by atoms with E-state index in [1.807, 2.05) is 12.1 Å². The fourth-order valence-electron chi connectivity index (χ4n) is 1.55. The minimum atomic E-state index is 0.886. The number of ether oxygens (including phenoxy) is 1. The Kier molecular flexibility index (Phi) is 3.88. The molecule has 0 bridgehead atoms. The summed E-state index contributed by atoms with van der Waals surface area (Å²) in [6.07, 6.45) is 7.22. The predicted molar refractivity (Wildman–Crippen MR) is 62.3 cm³/mol. The molecule has 3 nitrogen and oxygen atoms in total. The lowest BCUT2D eigenvalue weighted by Crippen LogP contribution is -2.07. The normalized spacial score (nSPS) is 12.8. The van der Waals surface area contributed by atoms with Gasteiger partial charge in [-0.05, 0) is 30.5 Å². The number of para-hydroxylation sites is 1. The molecule has 1 aliphatic heterocycles. The highest BCUT2D eigenvalue weighted by Gasteiger charge is 2.06. The van der Waals surface area contributed by atoms with E-state index in [9.17, 15) is 0 Å². The summed E-state index contributed by atoms with van der Waals surface area (Å²) in [5.41, 5.74) is 1.36. The van der Waals surface area contributed by atoms with Crippen molar-refractivity contribution in [1.82, 2.24) is 9.97 Å². The zero-order chi connectivity index (χ0) is 11.1. The van der Waals surface area contributed by atoms with Crippen molar-refractivity contribution in [3.05, 3.63) is 54.6 Å². The van der Waals surface area contributed by atoms with Crippen molar-refractivity contribution < 1.29 is 4.74 Å². The molecule has 1 aromatic heterocycles. The molecule has 0 saturated heterocycles. The molecule has 0 amide bonds. The maximum absolute atomic E-state index is 5.42. The lowest BCUT2D eigenvalue weighted by Gasteiger charge is -2.15. The summed E-state index contributed by atoms with van der Waals surface area (Å²) in [4.78, 5) is 7.35. The van der Waals surface area contributed by atoms with Crippen LogP contribution in [0.25, 0.3) is 0 Å². The molecule has 0 unspecified atom stereocenters. The lowest BCUT2D eigenvalue weighted by molar-refractivity contribution is 0.288. The molecule has 0 atom stereocenters. The van der Waals surface area contributed by atoms with Crippen molar-refractivity contribution in [2.75, 3.05) is 6.61 Å². The summed E-state index contributed by atoms with van der Waals surface area (Å²) in [6.45, 7) is 0.886. The van der Waals surface area contributed by atoms with Gasteiger partial charge in [-0.3, -0.25) is 0 Å². The van der Waals surface area contributed by atoms with E-state index in [4.69, 9.17) is 4.74 Å². The highest BCUT2D eigenvalue weighted by Crippen LogP contribution is 2.22. The number of nitrogens with zero attached hydrogens (tertiary/aromatic N) is 2. The van der Waals surface area contributed by atoms with Crippen molar-refractivity contribution in [2.24, 2.45) is 0 Å². The first kappa shape index (κ1) is 10.6. The van der Waals surface area contributed by atoms with Crippen LogP contribution in [-0.2, 0) is 6.42 Å². The molecule has 1 aromatic carbocycles. The van der Waals surface area contributed by atoms with Crippen LogP contribution in [0.3, 0.4) is 0 Å². The molecule has 0 N–H and O–H groups in total. The van der Waals surface area contributed by atoms with E-state index in [0.717, 1.165) is 18.8 Å². The average molecular weight is 214 g/mol. The number of hydrogen-bond acceptors (Lipinski definition) is 3. The fraction of sp³-hybridized carbons (Fsp3) is 0.231. The molecular weight excluding hydrogens is 200 g/mol. The second-order valence-corrected chi connectivity index (χ2v) is 3.46. The first-order chi connectivity index (χ1) is 7.97.